The lowest BCUT2D eigenvalue weighted by Gasteiger charge is -2.32. The Bertz CT molecular complexity index is 717. The van der Waals surface area contributed by atoms with E-state index < -0.39 is 0 Å². The van der Waals surface area contributed by atoms with E-state index in [1.165, 1.54) is 31.2 Å². The number of hydrogen-bond acceptors (Lipinski definition) is 5. The number of anilines is 1. The first kappa shape index (κ1) is 18.4. The second-order valence-electron chi connectivity index (χ2n) is 8.43. The van der Waals surface area contributed by atoms with Crippen molar-refractivity contribution in [1.29, 1.82) is 0 Å². The fourth-order valence-corrected chi connectivity index (χ4v) is 4.42. The Labute approximate surface area is 162 Å². The van der Waals surface area contributed by atoms with Gasteiger partial charge in [0, 0.05) is 56.5 Å². The lowest BCUT2D eigenvalue weighted by molar-refractivity contribution is 0.166. The van der Waals surface area contributed by atoms with Gasteiger partial charge in [0.15, 0.2) is 0 Å². The van der Waals surface area contributed by atoms with Crippen molar-refractivity contribution in [2.75, 3.05) is 31.1 Å². The number of aromatic nitrogens is 4. The largest absolute Gasteiger partial charge is 0.341 e. The highest BCUT2D eigenvalue weighted by Crippen LogP contribution is 2.22. The smallest absolute Gasteiger partial charge is 0.225 e. The fraction of sp³-hybridized carbons (Fsp3) is 0.667. The van der Waals surface area contributed by atoms with Crippen LogP contribution in [-0.4, -0.2) is 50.6 Å². The van der Waals surface area contributed by atoms with E-state index in [2.05, 4.69) is 49.4 Å². The van der Waals surface area contributed by atoms with Crippen LogP contribution in [-0.2, 0) is 13.1 Å². The number of imidazole rings is 1. The highest BCUT2D eigenvalue weighted by atomic mass is 15.3. The Balaban J connectivity index is 1.26. The van der Waals surface area contributed by atoms with Gasteiger partial charge in [0.1, 0.15) is 5.82 Å². The number of nitrogens with zero attached hydrogens (tertiary/aromatic N) is 6. The third kappa shape index (κ3) is 4.67. The fourth-order valence-electron chi connectivity index (χ4n) is 4.42. The van der Waals surface area contributed by atoms with Gasteiger partial charge in [0.2, 0.25) is 5.95 Å². The maximum Gasteiger partial charge on any atom is 0.225 e. The Kier molecular flexibility index (Phi) is 5.72. The van der Waals surface area contributed by atoms with Gasteiger partial charge in [-0.05, 0) is 57.5 Å². The monoisotopic (exact) mass is 368 g/mol. The van der Waals surface area contributed by atoms with Gasteiger partial charge >= 0.3 is 0 Å². The number of likely N-dealkylation sites (tertiary alicyclic amines) is 1. The maximum atomic E-state index is 4.65. The quantitative estimate of drug-likeness (QED) is 0.811. The molecule has 0 aliphatic carbocycles. The van der Waals surface area contributed by atoms with Gasteiger partial charge in [0.25, 0.3) is 0 Å². The summed E-state index contributed by atoms with van der Waals surface area (Å²) in [5.74, 6) is 3.53. The Morgan fingerprint density at radius 1 is 1.04 bits per heavy atom. The van der Waals surface area contributed by atoms with Crippen LogP contribution in [0.3, 0.4) is 0 Å². The van der Waals surface area contributed by atoms with Crippen LogP contribution >= 0.6 is 0 Å². The molecule has 2 aromatic rings. The summed E-state index contributed by atoms with van der Waals surface area (Å²) in [6, 6.07) is 0. The van der Waals surface area contributed by atoms with Crippen LogP contribution in [0.15, 0.2) is 24.8 Å². The van der Waals surface area contributed by atoms with Crippen molar-refractivity contribution in [3.63, 3.8) is 0 Å². The Morgan fingerprint density at radius 3 is 2.48 bits per heavy atom. The molecule has 0 bridgehead atoms. The van der Waals surface area contributed by atoms with Crippen LogP contribution in [0.4, 0.5) is 5.95 Å². The lowest BCUT2D eigenvalue weighted by atomic mass is 9.96. The number of rotatable bonds is 5. The average Bonchev–Trinajstić information content (AvgIpc) is 3.09. The molecule has 0 N–H and O–H groups in total. The summed E-state index contributed by atoms with van der Waals surface area (Å²) in [4.78, 5) is 18.5. The summed E-state index contributed by atoms with van der Waals surface area (Å²) in [6.45, 7) is 11.0. The molecule has 0 spiro atoms. The van der Waals surface area contributed by atoms with Gasteiger partial charge in [-0.15, -0.1) is 0 Å². The van der Waals surface area contributed by atoms with Crippen LogP contribution in [0.25, 0.3) is 0 Å². The number of aryl methyl sites for hydroxylation is 1. The van der Waals surface area contributed by atoms with Crippen LogP contribution in [0.1, 0.15) is 44.0 Å². The minimum atomic E-state index is 0.745. The normalized spacial score (nSPS) is 22.3. The van der Waals surface area contributed by atoms with Gasteiger partial charge < -0.3 is 9.47 Å². The first-order chi connectivity index (χ1) is 13.2. The van der Waals surface area contributed by atoms with Crippen molar-refractivity contribution < 1.29 is 0 Å². The highest BCUT2D eigenvalue weighted by molar-refractivity contribution is 5.30. The highest BCUT2D eigenvalue weighted by Gasteiger charge is 2.21. The molecule has 2 fully saturated rings. The molecule has 4 rings (SSSR count). The number of piperidine rings is 2. The zero-order valence-electron chi connectivity index (χ0n) is 16.7. The summed E-state index contributed by atoms with van der Waals surface area (Å²) < 4.78 is 2.29. The molecule has 27 heavy (non-hydrogen) atoms. The van der Waals surface area contributed by atoms with E-state index >= 15 is 0 Å². The molecular formula is C21H32N6. The molecule has 0 radical (unpaired) electrons. The average molecular weight is 369 g/mol. The van der Waals surface area contributed by atoms with Crippen molar-refractivity contribution >= 4 is 5.95 Å². The molecule has 2 aliphatic rings. The minimum Gasteiger partial charge on any atom is -0.341 e. The lowest BCUT2D eigenvalue weighted by Crippen LogP contribution is -2.36. The third-order valence-electron chi connectivity index (χ3n) is 6.12. The van der Waals surface area contributed by atoms with Crippen LogP contribution in [0.5, 0.6) is 0 Å². The predicted molar refractivity (Wildman–Crippen MR) is 108 cm³/mol. The Morgan fingerprint density at radius 2 is 1.81 bits per heavy atom. The van der Waals surface area contributed by atoms with E-state index in [-0.39, 0.29) is 0 Å². The maximum absolute atomic E-state index is 4.65. The first-order valence-corrected chi connectivity index (χ1v) is 10.4. The molecule has 2 aromatic heterocycles. The molecular weight excluding hydrogens is 336 g/mol. The van der Waals surface area contributed by atoms with Gasteiger partial charge in [-0.2, -0.15) is 0 Å². The molecule has 2 saturated heterocycles. The summed E-state index contributed by atoms with van der Waals surface area (Å²) in [6.07, 6.45) is 13.1. The van der Waals surface area contributed by atoms with E-state index in [4.69, 9.17) is 0 Å². The molecule has 1 atom stereocenters. The molecule has 146 valence electrons. The van der Waals surface area contributed by atoms with Crippen LogP contribution in [0, 0.1) is 18.8 Å². The minimum absolute atomic E-state index is 0.745. The van der Waals surface area contributed by atoms with Gasteiger partial charge in [0.05, 0.1) is 0 Å². The Hall–Kier alpha value is -1.95. The molecule has 0 unspecified atom stereocenters. The van der Waals surface area contributed by atoms with Crippen molar-refractivity contribution in [1.82, 2.24) is 24.4 Å². The van der Waals surface area contributed by atoms with Gasteiger partial charge in [-0.25, -0.2) is 15.0 Å². The molecule has 6 nitrogen and oxygen atoms in total. The van der Waals surface area contributed by atoms with E-state index in [1.807, 2.05) is 18.6 Å². The molecule has 4 heterocycles. The molecule has 0 aromatic carbocycles. The van der Waals surface area contributed by atoms with Crippen LogP contribution in [0.2, 0.25) is 0 Å². The molecule has 0 amide bonds. The summed E-state index contributed by atoms with van der Waals surface area (Å²) >= 11 is 0. The predicted octanol–water partition coefficient (Wildman–Crippen LogP) is 3.13. The second-order valence-corrected chi connectivity index (χ2v) is 8.43. The number of hydrogen-bond donors (Lipinski definition) is 0. The van der Waals surface area contributed by atoms with Crippen molar-refractivity contribution in [2.24, 2.45) is 11.8 Å². The van der Waals surface area contributed by atoms with Crippen molar-refractivity contribution in [3.05, 3.63) is 36.2 Å². The van der Waals surface area contributed by atoms with E-state index in [0.29, 0.717) is 0 Å². The molecule has 0 saturated carbocycles. The second kappa shape index (κ2) is 8.38. The van der Waals surface area contributed by atoms with E-state index in [9.17, 15) is 0 Å². The zero-order chi connectivity index (χ0) is 18.6. The zero-order valence-corrected chi connectivity index (χ0v) is 16.7. The summed E-state index contributed by atoms with van der Waals surface area (Å²) in [5.41, 5.74) is 1.23. The SMILES string of the molecule is Cc1nccn1CC1CCN(Cc2cnc(N3CCC[C@@H](C)C3)nc2)CC1. The molecule has 6 heteroatoms. The first-order valence-electron chi connectivity index (χ1n) is 10.4. The summed E-state index contributed by atoms with van der Waals surface area (Å²) in [7, 11) is 0. The van der Waals surface area contributed by atoms with Crippen molar-refractivity contribution in [2.45, 2.75) is 52.6 Å². The third-order valence-corrected chi connectivity index (χ3v) is 6.12. The van der Waals surface area contributed by atoms with Crippen LogP contribution < -0.4 is 4.90 Å². The molecule has 2 aliphatic heterocycles. The van der Waals surface area contributed by atoms with Gasteiger partial charge in [-0.3, -0.25) is 4.90 Å². The van der Waals surface area contributed by atoms with Crippen molar-refractivity contribution in [3.8, 4) is 0 Å². The van der Waals surface area contributed by atoms with Gasteiger partial charge in [-0.1, -0.05) is 6.92 Å². The summed E-state index contributed by atoms with van der Waals surface area (Å²) in [5, 5.41) is 0. The van der Waals surface area contributed by atoms with E-state index in [1.54, 1.807) is 0 Å². The topological polar surface area (TPSA) is 50.1 Å². The standard InChI is InChI=1S/C21H32N6/c1-17-4-3-8-27(14-17)21-23-12-20(13-24-21)15-25-9-5-19(6-10-25)16-26-11-7-22-18(26)2/h7,11-13,17,19H,3-6,8-10,14-16H2,1-2H3/t17-/m1/s1. The van der Waals surface area contributed by atoms with E-state index in [0.717, 1.165) is 62.9 Å².